The molecule has 2 aromatic rings. The highest BCUT2D eigenvalue weighted by Crippen LogP contribution is 2.21. The van der Waals surface area contributed by atoms with E-state index in [-0.39, 0.29) is 12.4 Å². The largest absolute Gasteiger partial charge is 0.330 e. The van der Waals surface area contributed by atoms with E-state index in [4.69, 9.17) is 57.9 Å². The monoisotopic (exact) mass is 414 g/mol. The minimum absolute atomic E-state index is 0. The molecule has 0 bridgehead atoms. The lowest BCUT2D eigenvalue weighted by Crippen LogP contribution is -2.02. The molecule has 0 fully saturated rings. The SMILES string of the molecule is Cl.NCCc1ccc(Cl)cc1Cl.NCCc1ccc(Cl)cc1Cl. The van der Waals surface area contributed by atoms with Crippen molar-refractivity contribution in [2.24, 2.45) is 11.5 Å². The number of nitrogens with two attached hydrogens (primary N) is 2. The summed E-state index contributed by atoms with van der Waals surface area (Å²) < 4.78 is 0. The summed E-state index contributed by atoms with van der Waals surface area (Å²) in [6, 6.07) is 10.9. The Morgan fingerprint density at radius 1 is 0.652 bits per heavy atom. The molecule has 0 aliphatic carbocycles. The maximum Gasteiger partial charge on any atom is 0.0453 e. The predicted molar refractivity (Wildman–Crippen MR) is 106 cm³/mol. The summed E-state index contributed by atoms with van der Waals surface area (Å²) in [6.45, 7) is 1.22. The third-order valence-corrected chi connectivity index (χ3v) is 4.03. The van der Waals surface area contributed by atoms with Gasteiger partial charge in [0.15, 0.2) is 0 Å². The molecule has 0 spiro atoms. The molecule has 2 aromatic carbocycles. The molecule has 2 nitrogen and oxygen atoms in total. The van der Waals surface area contributed by atoms with Gasteiger partial charge in [0.05, 0.1) is 0 Å². The van der Waals surface area contributed by atoms with Crippen LogP contribution < -0.4 is 11.5 Å². The lowest BCUT2D eigenvalue weighted by Gasteiger charge is -2.01. The topological polar surface area (TPSA) is 52.0 Å². The summed E-state index contributed by atoms with van der Waals surface area (Å²) in [5, 5.41) is 2.72. The van der Waals surface area contributed by atoms with Gasteiger partial charge in [0, 0.05) is 20.1 Å². The zero-order valence-corrected chi connectivity index (χ0v) is 16.2. The van der Waals surface area contributed by atoms with Gasteiger partial charge in [-0.2, -0.15) is 0 Å². The quantitative estimate of drug-likeness (QED) is 0.700. The molecular formula is C16H19Cl5N2. The van der Waals surface area contributed by atoms with Gasteiger partial charge in [-0.1, -0.05) is 58.5 Å². The van der Waals surface area contributed by atoms with Crippen molar-refractivity contribution >= 4 is 58.8 Å². The number of hydrogen-bond acceptors (Lipinski definition) is 2. The van der Waals surface area contributed by atoms with Crippen LogP contribution in [-0.2, 0) is 12.8 Å². The van der Waals surface area contributed by atoms with Crippen molar-refractivity contribution in [3.8, 4) is 0 Å². The first-order chi connectivity index (χ1) is 10.5. The van der Waals surface area contributed by atoms with E-state index >= 15 is 0 Å². The molecule has 128 valence electrons. The highest BCUT2D eigenvalue weighted by atomic mass is 35.5. The Balaban J connectivity index is 0.000000403. The van der Waals surface area contributed by atoms with E-state index in [0.717, 1.165) is 24.0 Å². The van der Waals surface area contributed by atoms with Gasteiger partial charge in [0.25, 0.3) is 0 Å². The molecule has 7 heteroatoms. The van der Waals surface area contributed by atoms with E-state index in [0.29, 0.717) is 33.2 Å². The summed E-state index contributed by atoms with van der Waals surface area (Å²) in [4.78, 5) is 0. The molecule has 0 aromatic heterocycles. The maximum atomic E-state index is 5.87. The molecule has 4 N–H and O–H groups in total. The van der Waals surface area contributed by atoms with Gasteiger partial charge in [-0.25, -0.2) is 0 Å². The highest BCUT2D eigenvalue weighted by molar-refractivity contribution is 6.35. The van der Waals surface area contributed by atoms with Crippen LogP contribution in [-0.4, -0.2) is 13.1 Å². The van der Waals surface area contributed by atoms with Crippen LogP contribution in [0.15, 0.2) is 36.4 Å². The molecule has 2 rings (SSSR count). The summed E-state index contributed by atoms with van der Waals surface area (Å²) >= 11 is 23.1. The zero-order valence-electron chi connectivity index (χ0n) is 12.4. The lowest BCUT2D eigenvalue weighted by molar-refractivity contribution is 0.969. The van der Waals surface area contributed by atoms with Crippen LogP contribution in [0.1, 0.15) is 11.1 Å². The maximum absolute atomic E-state index is 5.87. The van der Waals surface area contributed by atoms with Gasteiger partial charge < -0.3 is 11.5 Å². The van der Waals surface area contributed by atoms with Crippen LogP contribution in [0.4, 0.5) is 0 Å². The van der Waals surface area contributed by atoms with Gasteiger partial charge in [-0.3, -0.25) is 0 Å². The first-order valence-corrected chi connectivity index (χ1v) is 8.27. The van der Waals surface area contributed by atoms with E-state index in [1.165, 1.54) is 0 Å². The summed E-state index contributed by atoms with van der Waals surface area (Å²) in [5.74, 6) is 0. The molecule has 0 heterocycles. The van der Waals surface area contributed by atoms with Crippen molar-refractivity contribution in [2.45, 2.75) is 12.8 Å². The molecule has 0 saturated heterocycles. The first-order valence-electron chi connectivity index (χ1n) is 6.76. The molecular weight excluding hydrogens is 397 g/mol. The highest BCUT2D eigenvalue weighted by Gasteiger charge is 1.99. The molecule has 0 saturated carbocycles. The van der Waals surface area contributed by atoms with Gasteiger partial charge in [0.2, 0.25) is 0 Å². The van der Waals surface area contributed by atoms with E-state index in [1.807, 2.05) is 24.3 Å². The molecule has 0 amide bonds. The van der Waals surface area contributed by atoms with Gasteiger partial charge in [-0.15, -0.1) is 12.4 Å². The molecule has 0 radical (unpaired) electrons. The van der Waals surface area contributed by atoms with Crippen molar-refractivity contribution in [2.75, 3.05) is 13.1 Å². The van der Waals surface area contributed by atoms with Crippen molar-refractivity contribution in [3.05, 3.63) is 67.6 Å². The fourth-order valence-corrected chi connectivity index (χ4v) is 2.77. The van der Waals surface area contributed by atoms with Crippen molar-refractivity contribution < 1.29 is 0 Å². The van der Waals surface area contributed by atoms with Crippen LogP contribution in [0.3, 0.4) is 0 Å². The average Bonchev–Trinajstić information content (AvgIpc) is 2.46. The Hall–Kier alpha value is -0.190. The smallest absolute Gasteiger partial charge is 0.0453 e. The molecule has 0 aliphatic rings. The van der Waals surface area contributed by atoms with Crippen LogP contribution >= 0.6 is 58.8 Å². The second-order valence-corrected chi connectivity index (χ2v) is 6.24. The molecule has 0 unspecified atom stereocenters. The number of halogens is 5. The van der Waals surface area contributed by atoms with E-state index in [1.54, 1.807) is 12.1 Å². The molecule has 23 heavy (non-hydrogen) atoms. The Bertz CT molecular complexity index is 552. The van der Waals surface area contributed by atoms with Crippen LogP contribution in [0.25, 0.3) is 0 Å². The summed E-state index contributed by atoms with van der Waals surface area (Å²) in [7, 11) is 0. The van der Waals surface area contributed by atoms with E-state index < -0.39 is 0 Å². The third kappa shape index (κ3) is 8.46. The second-order valence-electron chi connectivity index (χ2n) is 4.55. The van der Waals surface area contributed by atoms with Gasteiger partial charge in [0.1, 0.15) is 0 Å². The second kappa shape index (κ2) is 12.2. The Morgan fingerprint density at radius 2 is 1.00 bits per heavy atom. The Morgan fingerprint density at radius 3 is 1.26 bits per heavy atom. The fraction of sp³-hybridized carbons (Fsp3) is 0.250. The predicted octanol–water partition coefficient (Wildman–Crippen LogP) is 5.41. The van der Waals surface area contributed by atoms with Gasteiger partial charge >= 0.3 is 0 Å². The normalized spacial score (nSPS) is 9.65. The average molecular weight is 417 g/mol. The molecule has 0 aliphatic heterocycles. The first kappa shape index (κ1) is 22.8. The van der Waals surface area contributed by atoms with Crippen molar-refractivity contribution in [3.63, 3.8) is 0 Å². The Kier molecular flexibility index (Phi) is 12.1. The minimum Gasteiger partial charge on any atom is -0.330 e. The summed E-state index contributed by atoms with van der Waals surface area (Å²) in [5.41, 5.74) is 12.9. The number of benzene rings is 2. The van der Waals surface area contributed by atoms with Crippen LogP contribution in [0.5, 0.6) is 0 Å². The lowest BCUT2D eigenvalue weighted by atomic mass is 10.1. The molecule has 0 atom stereocenters. The van der Waals surface area contributed by atoms with Crippen LogP contribution in [0.2, 0.25) is 20.1 Å². The minimum atomic E-state index is 0. The van der Waals surface area contributed by atoms with E-state index in [9.17, 15) is 0 Å². The number of rotatable bonds is 4. The van der Waals surface area contributed by atoms with Crippen molar-refractivity contribution in [1.29, 1.82) is 0 Å². The Labute approximate surface area is 163 Å². The van der Waals surface area contributed by atoms with Crippen LogP contribution in [0, 0.1) is 0 Å². The standard InChI is InChI=1S/2C8H9Cl2N.ClH/c2*9-7-2-1-6(3-4-11)8(10)5-7;/h2*1-2,5H,3-4,11H2;1H. The third-order valence-electron chi connectivity index (χ3n) is 2.86. The fourth-order valence-electron chi connectivity index (χ4n) is 1.76. The zero-order chi connectivity index (χ0) is 16.5. The van der Waals surface area contributed by atoms with E-state index in [2.05, 4.69) is 0 Å². The van der Waals surface area contributed by atoms with Gasteiger partial charge in [-0.05, 0) is 61.3 Å². The van der Waals surface area contributed by atoms with Crippen molar-refractivity contribution in [1.82, 2.24) is 0 Å². The number of hydrogen-bond donors (Lipinski definition) is 2. The summed E-state index contributed by atoms with van der Waals surface area (Å²) in [6.07, 6.45) is 1.60.